The summed E-state index contributed by atoms with van der Waals surface area (Å²) in [5.41, 5.74) is 3.11. The number of para-hydroxylation sites is 1. The van der Waals surface area contributed by atoms with Crippen molar-refractivity contribution >= 4 is 32.7 Å². The van der Waals surface area contributed by atoms with Crippen LogP contribution in [0.4, 0.5) is 0 Å². The van der Waals surface area contributed by atoms with Crippen molar-refractivity contribution in [1.82, 2.24) is 9.55 Å². The van der Waals surface area contributed by atoms with E-state index in [-0.39, 0.29) is 0 Å². The maximum Gasteiger partial charge on any atom is 0.159 e. The molecule has 0 N–H and O–H groups in total. The Balaban J connectivity index is 1.89. The largest absolute Gasteiger partial charge is 0.452 e. The van der Waals surface area contributed by atoms with E-state index in [1.54, 1.807) is 0 Å². The topological polar surface area (TPSA) is 27.1 Å². The lowest BCUT2D eigenvalue weighted by molar-refractivity contribution is 0.482. The van der Waals surface area contributed by atoms with Gasteiger partial charge in [0.1, 0.15) is 5.65 Å². The predicted molar refractivity (Wildman–Crippen MR) is 96.2 cm³/mol. The van der Waals surface area contributed by atoms with Crippen molar-refractivity contribution in [1.29, 1.82) is 0 Å². The summed E-state index contributed by atoms with van der Waals surface area (Å²) in [5.74, 6) is 1.78. The molecular formula is C21H12N2O. The van der Waals surface area contributed by atoms with Gasteiger partial charge < -0.3 is 4.74 Å². The molecule has 1 aliphatic heterocycles. The third kappa shape index (κ3) is 1.35. The van der Waals surface area contributed by atoms with Crippen molar-refractivity contribution in [3.8, 4) is 17.2 Å². The van der Waals surface area contributed by atoms with Crippen molar-refractivity contribution in [3.05, 3.63) is 72.9 Å². The molecule has 0 unspecified atom stereocenters. The minimum absolute atomic E-state index is 0.884. The lowest BCUT2D eigenvalue weighted by Gasteiger charge is -2.22. The molecular weight excluding hydrogens is 296 g/mol. The van der Waals surface area contributed by atoms with Gasteiger partial charge in [0.25, 0.3) is 0 Å². The van der Waals surface area contributed by atoms with E-state index < -0.39 is 0 Å². The molecule has 0 spiro atoms. The van der Waals surface area contributed by atoms with Gasteiger partial charge in [-0.3, -0.25) is 4.57 Å². The normalized spacial score (nSPS) is 12.5. The van der Waals surface area contributed by atoms with E-state index in [4.69, 9.17) is 4.74 Å². The maximum absolute atomic E-state index is 6.34. The summed E-state index contributed by atoms with van der Waals surface area (Å²) >= 11 is 0. The molecule has 0 bridgehead atoms. The van der Waals surface area contributed by atoms with Crippen LogP contribution in [0, 0.1) is 0 Å². The summed E-state index contributed by atoms with van der Waals surface area (Å²) in [6.07, 6.45) is 1.85. The van der Waals surface area contributed by atoms with E-state index in [2.05, 4.69) is 52.0 Å². The molecule has 1 aliphatic rings. The van der Waals surface area contributed by atoms with Crippen molar-refractivity contribution < 1.29 is 4.74 Å². The monoisotopic (exact) mass is 308 g/mol. The Morgan fingerprint density at radius 1 is 0.750 bits per heavy atom. The van der Waals surface area contributed by atoms with E-state index in [0.717, 1.165) is 39.1 Å². The smallest absolute Gasteiger partial charge is 0.159 e. The predicted octanol–water partition coefficient (Wildman–Crippen LogP) is 5.44. The summed E-state index contributed by atoms with van der Waals surface area (Å²) in [7, 11) is 0. The van der Waals surface area contributed by atoms with E-state index in [9.17, 15) is 0 Å². The molecule has 112 valence electrons. The van der Waals surface area contributed by atoms with Gasteiger partial charge in [-0.25, -0.2) is 4.98 Å². The van der Waals surface area contributed by atoms with E-state index in [1.807, 2.05) is 30.5 Å². The second-order valence-electron chi connectivity index (χ2n) is 6.10. The lowest BCUT2D eigenvalue weighted by atomic mass is 10.1. The van der Waals surface area contributed by atoms with E-state index in [0.29, 0.717) is 0 Å². The minimum atomic E-state index is 0.884. The Labute approximate surface area is 137 Å². The Morgan fingerprint density at radius 3 is 2.62 bits per heavy atom. The SMILES string of the molecule is c1ccc2c3c(ccc2c1)-n1c2ncccc2c2cccc(c21)O3. The molecule has 0 radical (unpaired) electrons. The summed E-state index contributed by atoms with van der Waals surface area (Å²) < 4.78 is 8.57. The van der Waals surface area contributed by atoms with Crippen LogP contribution < -0.4 is 4.74 Å². The summed E-state index contributed by atoms with van der Waals surface area (Å²) in [4.78, 5) is 4.65. The summed E-state index contributed by atoms with van der Waals surface area (Å²) in [6, 6.07) is 22.9. The number of hydrogen-bond donors (Lipinski definition) is 0. The van der Waals surface area contributed by atoms with Crippen molar-refractivity contribution in [2.75, 3.05) is 0 Å². The first kappa shape index (κ1) is 12.1. The van der Waals surface area contributed by atoms with Crippen molar-refractivity contribution in [3.63, 3.8) is 0 Å². The standard InChI is InChI=1S/C21H12N2O/c1-2-6-14-13(5-1)10-11-17-20(14)24-18-9-3-7-15-16-8-4-12-22-21(16)23(17)19(15)18/h1-12H. The van der Waals surface area contributed by atoms with Gasteiger partial charge in [0.2, 0.25) is 0 Å². The number of hydrogen-bond acceptors (Lipinski definition) is 2. The molecule has 0 fully saturated rings. The molecule has 0 saturated carbocycles. The molecule has 6 rings (SSSR count). The van der Waals surface area contributed by atoms with Crippen molar-refractivity contribution in [2.45, 2.75) is 0 Å². The first-order chi connectivity index (χ1) is 11.9. The Kier molecular flexibility index (Phi) is 2.10. The Hall–Kier alpha value is -3.33. The zero-order valence-electron chi connectivity index (χ0n) is 12.7. The van der Waals surface area contributed by atoms with Crippen molar-refractivity contribution in [2.24, 2.45) is 0 Å². The molecule has 3 heteroatoms. The van der Waals surface area contributed by atoms with E-state index >= 15 is 0 Å². The average molecular weight is 308 g/mol. The van der Waals surface area contributed by atoms with Gasteiger partial charge in [0, 0.05) is 22.4 Å². The van der Waals surface area contributed by atoms with Crippen LogP contribution in [0.3, 0.4) is 0 Å². The molecule has 0 saturated heterocycles. The van der Waals surface area contributed by atoms with Crippen LogP contribution in [0.25, 0.3) is 38.4 Å². The van der Waals surface area contributed by atoms with Gasteiger partial charge in [0.05, 0.1) is 11.2 Å². The van der Waals surface area contributed by atoms with Crippen LogP contribution in [0.2, 0.25) is 0 Å². The number of pyridine rings is 1. The Morgan fingerprint density at radius 2 is 1.62 bits per heavy atom. The van der Waals surface area contributed by atoms with Gasteiger partial charge >= 0.3 is 0 Å². The lowest BCUT2D eigenvalue weighted by Crippen LogP contribution is -2.05. The van der Waals surface area contributed by atoms with Crippen LogP contribution in [0.15, 0.2) is 72.9 Å². The van der Waals surface area contributed by atoms with Gasteiger partial charge in [-0.2, -0.15) is 0 Å². The molecule has 24 heavy (non-hydrogen) atoms. The first-order valence-electron chi connectivity index (χ1n) is 8.00. The Bertz CT molecular complexity index is 1280. The number of fused-ring (bicyclic) bond motifs is 7. The molecule has 2 aromatic heterocycles. The second-order valence-corrected chi connectivity index (χ2v) is 6.10. The van der Waals surface area contributed by atoms with Gasteiger partial charge in [0.15, 0.2) is 11.5 Å². The average Bonchev–Trinajstić information content (AvgIpc) is 2.99. The van der Waals surface area contributed by atoms with E-state index in [1.165, 1.54) is 10.8 Å². The molecule has 0 atom stereocenters. The zero-order valence-corrected chi connectivity index (χ0v) is 12.7. The van der Waals surface area contributed by atoms with Crippen LogP contribution in [-0.2, 0) is 0 Å². The van der Waals surface area contributed by atoms with Gasteiger partial charge in [-0.15, -0.1) is 0 Å². The molecule has 0 amide bonds. The molecule has 3 aromatic carbocycles. The van der Waals surface area contributed by atoms with Crippen LogP contribution in [0.1, 0.15) is 0 Å². The number of benzene rings is 3. The number of aromatic nitrogens is 2. The quantitative estimate of drug-likeness (QED) is 0.374. The fraction of sp³-hybridized carbons (Fsp3) is 0. The summed E-state index contributed by atoms with van der Waals surface area (Å²) in [5, 5.41) is 4.63. The highest BCUT2D eigenvalue weighted by Gasteiger charge is 2.25. The first-order valence-corrected chi connectivity index (χ1v) is 8.00. The van der Waals surface area contributed by atoms with Gasteiger partial charge in [-0.05, 0) is 29.7 Å². The third-order valence-corrected chi connectivity index (χ3v) is 4.82. The molecule has 5 aromatic rings. The maximum atomic E-state index is 6.34. The number of nitrogens with zero attached hydrogens (tertiary/aromatic N) is 2. The van der Waals surface area contributed by atoms with Crippen LogP contribution in [-0.4, -0.2) is 9.55 Å². The number of rotatable bonds is 0. The second kappa shape index (κ2) is 4.15. The minimum Gasteiger partial charge on any atom is -0.452 e. The third-order valence-electron chi connectivity index (χ3n) is 4.82. The highest BCUT2D eigenvalue weighted by molar-refractivity contribution is 6.11. The zero-order chi connectivity index (χ0) is 15.7. The number of ether oxygens (including phenoxy) is 1. The van der Waals surface area contributed by atoms with Gasteiger partial charge in [-0.1, -0.05) is 42.5 Å². The molecule has 0 aliphatic carbocycles. The fourth-order valence-corrected chi connectivity index (χ4v) is 3.80. The molecule has 3 nitrogen and oxygen atoms in total. The fourth-order valence-electron chi connectivity index (χ4n) is 3.80. The highest BCUT2D eigenvalue weighted by atomic mass is 16.5. The highest BCUT2D eigenvalue weighted by Crippen LogP contribution is 2.47. The summed E-state index contributed by atoms with van der Waals surface area (Å²) in [6.45, 7) is 0. The van der Waals surface area contributed by atoms with Crippen LogP contribution in [0.5, 0.6) is 11.5 Å². The molecule has 3 heterocycles. The van der Waals surface area contributed by atoms with Crippen LogP contribution >= 0.6 is 0 Å².